The van der Waals surface area contributed by atoms with Gasteiger partial charge in [0.25, 0.3) is 0 Å². The Hall–Kier alpha value is -2.77. The van der Waals surface area contributed by atoms with E-state index in [0.29, 0.717) is 19.4 Å². The van der Waals surface area contributed by atoms with Crippen molar-refractivity contribution in [1.29, 1.82) is 0 Å². The van der Waals surface area contributed by atoms with Crippen LogP contribution in [0.3, 0.4) is 0 Å². The lowest BCUT2D eigenvalue weighted by molar-refractivity contribution is -0.118. The number of anilines is 1. The fourth-order valence-electron chi connectivity index (χ4n) is 4.24. The van der Waals surface area contributed by atoms with Gasteiger partial charge in [0.2, 0.25) is 5.91 Å². The van der Waals surface area contributed by atoms with Gasteiger partial charge >= 0.3 is 0 Å². The van der Waals surface area contributed by atoms with Gasteiger partial charge in [0.1, 0.15) is 0 Å². The first-order valence-electron chi connectivity index (χ1n) is 11.0. The Kier molecular flexibility index (Phi) is 6.63. The lowest BCUT2D eigenvalue weighted by Gasteiger charge is -2.30. The average Bonchev–Trinajstić information content (AvgIpc) is 3.15. The van der Waals surface area contributed by atoms with Crippen LogP contribution >= 0.6 is 0 Å². The SMILES string of the molecule is Cc1cc2nc(C)c(CCC(=O)N(CCN3CCOCC3)c3ccccc3)c(C)n2n1. The van der Waals surface area contributed by atoms with Gasteiger partial charge in [-0.2, -0.15) is 5.10 Å². The molecule has 164 valence electrons. The van der Waals surface area contributed by atoms with Crippen molar-refractivity contribution < 1.29 is 9.53 Å². The zero-order valence-electron chi connectivity index (χ0n) is 18.7. The van der Waals surface area contributed by atoms with Crippen LogP contribution in [-0.4, -0.2) is 64.8 Å². The molecule has 1 aromatic carbocycles. The van der Waals surface area contributed by atoms with E-state index in [2.05, 4.69) is 16.9 Å². The Balaban J connectivity index is 1.49. The van der Waals surface area contributed by atoms with E-state index < -0.39 is 0 Å². The number of hydrogen-bond donors (Lipinski definition) is 0. The standard InChI is InChI=1S/C24H31N5O2/c1-18-17-23-25-19(2)22(20(3)29(23)26-18)9-10-24(30)28(21-7-5-4-6-8-21)12-11-27-13-15-31-16-14-27/h4-8,17H,9-16H2,1-3H3. The van der Waals surface area contributed by atoms with E-state index in [0.717, 1.165) is 66.8 Å². The monoisotopic (exact) mass is 421 g/mol. The highest BCUT2D eigenvalue weighted by Crippen LogP contribution is 2.20. The van der Waals surface area contributed by atoms with E-state index in [1.807, 2.05) is 59.7 Å². The number of rotatable bonds is 7. The van der Waals surface area contributed by atoms with Crippen LogP contribution in [0.4, 0.5) is 5.69 Å². The molecule has 1 fully saturated rings. The first kappa shape index (κ1) is 21.5. The minimum absolute atomic E-state index is 0.134. The van der Waals surface area contributed by atoms with Gasteiger partial charge in [-0.05, 0) is 44.9 Å². The van der Waals surface area contributed by atoms with Crippen molar-refractivity contribution >= 4 is 17.2 Å². The molecule has 7 nitrogen and oxygen atoms in total. The molecule has 0 radical (unpaired) electrons. The molecule has 1 saturated heterocycles. The third kappa shape index (κ3) is 4.94. The number of nitrogens with zero attached hydrogens (tertiary/aromatic N) is 5. The Morgan fingerprint density at radius 3 is 2.61 bits per heavy atom. The highest BCUT2D eigenvalue weighted by atomic mass is 16.5. The summed E-state index contributed by atoms with van der Waals surface area (Å²) in [6.45, 7) is 10.9. The predicted molar refractivity (Wildman–Crippen MR) is 122 cm³/mol. The van der Waals surface area contributed by atoms with Gasteiger partial charge < -0.3 is 9.64 Å². The molecule has 4 rings (SSSR count). The number of amides is 1. The van der Waals surface area contributed by atoms with Gasteiger partial charge in [-0.1, -0.05) is 18.2 Å². The number of aryl methyl sites for hydroxylation is 3. The van der Waals surface area contributed by atoms with Crippen LogP contribution in [-0.2, 0) is 16.0 Å². The number of aromatic nitrogens is 3. The Labute approximate surface area is 183 Å². The van der Waals surface area contributed by atoms with E-state index in [-0.39, 0.29) is 5.91 Å². The maximum Gasteiger partial charge on any atom is 0.227 e. The summed E-state index contributed by atoms with van der Waals surface area (Å²) < 4.78 is 7.33. The highest BCUT2D eigenvalue weighted by Gasteiger charge is 2.20. The minimum atomic E-state index is 0.134. The number of benzene rings is 1. The molecule has 0 aliphatic carbocycles. The largest absolute Gasteiger partial charge is 0.379 e. The van der Waals surface area contributed by atoms with Crippen molar-refractivity contribution in [3.8, 4) is 0 Å². The molecule has 31 heavy (non-hydrogen) atoms. The van der Waals surface area contributed by atoms with Crippen LogP contribution in [0.2, 0.25) is 0 Å². The van der Waals surface area contributed by atoms with E-state index in [1.54, 1.807) is 0 Å². The van der Waals surface area contributed by atoms with Gasteiger partial charge in [0.15, 0.2) is 5.65 Å². The maximum atomic E-state index is 13.3. The lowest BCUT2D eigenvalue weighted by Crippen LogP contribution is -2.43. The molecule has 0 bridgehead atoms. The number of fused-ring (bicyclic) bond motifs is 1. The second-order valence-electron chi connectivity index (χ2n) is 8.15. The van der Waals surface area contributed by atoms with Crippen LogP contribution in [0.5, 0.6) is 0 Å². The van der Waals surface area contributed by atoms with Crippen molar-refractivity contribution in [2.24, 2.45) is 0 Å². The van der Waals surface area contributed by atoms with Gasteiger partial charge in [-0.25, -0.2) is 9.50 Å². The average molecular weight is 422 g/mol. The fourth-order valence-corrected chi connectivity index (χ4v) is 4.24. The summed E-state index contributed by atoms with van der Waals surface area (Å²) in [6.07, 6.45) is 1.09. The smallest absolute Gasteiger partial charge is 0.227 e. The van der Waals surface area contributed by atoms with Crippen LogP contribution in [0.1, 0.15) is 29.1 Å². The molecule has 7 heteroatoms. The van der Waals surface area contributed by atoms with E-state index in [4.69, 9.17) is 9.72 Å². The third-order valence-electron chi connectivity index (χ3n) is 5.99. The van der Waals surface area contributed by atoms with Crippen LogP contribution < -0.4 is 4.90 Å². The molecule has 0 saturated carbocycles. The zero-order valence-corrected chi connectivity index (χ0v) is 18.7. The van der Waals surface area contributed by atoms with Gasteiger partial charge in [0, 0.05) is 55.7 Å². The quantitative estimate of drug-likeness (QED) is 0.587. The van der Waals surface area contributed by atoms with Crippen molar-refractivity contribution in [2.75, 3.05) is 44.3 Å². The molecular weight excluding hydrogens is 390 g/mol. The van der Waals surface area contributed by atoms with E-state index in [1.165, 1.54) is 0 Å². The van der Waals surface area contributed by atoms with Crippen molar-refractivity contribution in [2.45, 2.75) is 33.6 Å². The van der Waals surface area contributed by atoms with Crippen LogP contribution in [0.15, 0.2) is 36.4 Å². The summed E-state index contributed by atoms with van der Waals surface area (Å²) in [5.41, 5.74) is 5.89. The first-order chi connectivity index (χ1) is 15.0. The topological polar surface area (TPSA) is 63.0 Å². The van der Waals surface area contributed by atoms with E-state index >= 15 is 0 Å². The molecule has 0 N–H and O–H groups in total. The number of morpholine rings is 1. The normalized spacial score (nSPS) is 14.8. The second-order valence-corrected chi connectivity index (χ2v) is 8.15. The van der Waals surface area contributed by atoms with Crippen LogP contribution in [0.25, 0.3) is 5.65 Å². The molecule has 1 aliphatic rings. The molecule has 1 amide bonds. The summed E-state index contributed by atoms with van der Waals surface area (Å²) in [5.74, 6) is 0.134. The van der Waals surface area contributed by atoms with Crippen LogP contribution in [0, 0.1) is 20.8 Å². The number of carbonyl (C=O) groups is 1. The van der Waals surface area contributed by atoms with Gasteiger partial charge in [-0.15, -0.1) is 0 Å². The molecule has 1 aliphatic heterocycles. The zero-order chi connectivity index (χ0) is 21.8. The molecule has 3 heterocycles. The van der Waals surface area contributed by atoms with Crippen molar-refractivity contribution in [3.63, 3.8) is 0 Å². The van der Waals surface area contributed by atoms with Crippen molar-refractivity contribution in [3.05, 3.63) is 59.0 Å². The number of carbonyl (C=O) groups excluding carboxylic acids is 1. The Morgan fingerprint density at radius 2 is 1.87 bits per heavy atom. The summed E-state index contributed by atoms with van der Waals surface area (Å²) in [4.78, 5) is 22.3. The minimum Gasteiger partial charge on any atom is -0.379 e. The first-order valence-corrected chi connectivity index (χ1v) is 11.0. The lowest BCUT2D eigenvalue weighted by atomic mass is 10.1. The Bertz CT molecular complexity index is 1040. The summed E-state index contributed by atoms with van der Waals surface area (Å²) >= 11 is 0. The third-order valence-corrected chi connectivity index (χ3v) is 5.99. The number of para-hydroxylation sites is 1. The fraction of sp³-hybridized carbons (Fsp3) is 0.458. The second kappa shape index (κ2) is 9.58. The molecule has 0 spiro atoms. The molecule has 2 aromatic heterocycles. The number of ether oxygens (including phenoxy) is 1. The maximum absolute atomic E-state index is 13.3. The molecular formula is C24H31N5O2. The predicted octanol–water partition coefficient (Wildman–Crippen LogP) is 2.95. The molecule has 0 unspecified atom stereocenters. The van der Waals surface area contributed by atoms with Gasteiger partial charge in [0.05, 0.1) is 18.9 Å². The number of hydrogen-bond acceptors (Lipinski definition) is 5. The summed E-state index contributed by atoms with van der Waals surface area (Å²) in [7, 11) is 0. The Morgan fingerprint density at radius 1 is 1.13 bits per heavy atom. The summed E-state index contributed by atoms with van der Waals surface area (Å²) in [6, 6.07) is 11.9. The van der Waals surface area contributed by atoms with Gasteiger partial charge in [-0.3, -0.25) is 9.69 Å². The van der Waals surface area contributed by atoms with Crippen molar-refractivity contribution in [1.82, 2.24) is 19.5 Å². The molecule has 0 atom stereocenters. The van der Waals surface area contributed by atoms with E-state index in [9.17, 15) is 4.79 Å². The highest BCUT2D eigenvalue weighted by molar-refractivity contribution is 5.93. The summed E-state index contributed by atoms with van der Waals surface area (Å²) in [5, 5.41) is 4.55. The molecule has 3 aromatic rings.